The number of benzene rings is 1. The van der Waals surface area contributed by atoms with Crippen LogP contribution in [0.15, 0.2) is 53.6 Å². The van der Waals surface area contributed by atoms with Gasteiger partial charge in [-0.2, -0.15) is 0 Å². The third-order valence-corrected chi connectivity index (χ3v) is 7.78. The minimum absolute atomic E-state index is 0.0492. The van der Waals surface area contributed by atoms with Crippen LogP contribution >= 0.6 is 0 Å². The van der Waals surface area contributed by atoms with Gasteiger partial charge in [-0.15, -0.1) is 0 Å². The van der Waals surface area contributed by atoms with Gasteiger partial charge in [-0.25, -0.2) is 0 Å². The van der Waals surface area contributed by atoms with Crippen LogP contribution in [-0.2, 0) is 10.0 Å². The fourth-order valence-corrected chi connectivity index (χ4v) is 5.80. The van der Waals surface area contributed by atoms with Crippen LogP contribution in [0.3, 0.4) is 0 Å². The molecule has 2 heterocycles. The van der Waals surface area contributed by atoms with Gasteiger partial charge in [0.2, 0.25) is 0 Å². The molecule has 0 saturated heterocycles. The summed E-state index contributed by atoms with van der Waals surface area (Å²) in [5.74, 6) is -0.521. The summed E-state index contributed by atoms with van der Waals surface area (Å²) in [7, 11) is -3.78. The number of sulfonamides is 1. The first-order chi connectivity index (χ1) is 10.0. The zero-order valence-corrected chi connectivity index (χ0v) is 13.9. The van der Waals surface area contributed by atoms with E-state index in [1.165, 1.54) is 16.9 Å². The molecule has 0 aliphatic carbocycles. The summed E-state index contributed by atoms with van der Waals surface area (Å²) in [4.78, 5) is 12.3. The summed E-state index contributed by atoms with van der Waals surface area (Å²) in [5.41, 5.74) is 1.02. The Labute approximate surface area is 133 Å². The third kappa shape index (κ3) is 2.38. The summed E-state index contributed by atoms with van der Waals surface area (Å²) in [6, 6.07) is 11.6. The predicted molar refractivity (Wildman–Crippen MR) is 67.8 cm³/mol. The number of aryl methyl sites for hydroxylation is 1. The standard InChI is InChI=1S/C13H11IN2O4S/c1-10-6-4-5-9-15(10)20-14-16-13(17)11-7-2-3-8-12(11)21(16,18)19/h2-9H,1H3. The van der Waals surface area contributed by atoms with Crippen LogP contribution in [-0.4, -0.2) is 16.8 Å². The Kier molecular flexibility index (Phi) is 3.57. The van der Waals surface area contributed by atoms with Crippen molar-refractivity contribution in [1.82, 2.24) is 2.52 Å². The molecular formula is C13H11IN2O4S. The molecule has 3 rings (SSSR count). The number of hydrogen-bond acceptors (Lipinski definition) is 4. The van der Waals surface area contributed by atoms with Gasteiger partial charge in [0.15, 0.2) is 0 Å². The van der Waals surface area contributed by atoms with Gasteiger partial charge in [-0.3, -0.25) is 0 Å². The van der Waals surface area contributed by atoms with E-state index >= 15 is 0 Å². The molecule has 0 bridgehead atoms. The van der Waals surface area contributed by atoms with E-state index in [4.69, 9.17) is 3.17 Å². The van der Waals surface area contributed by atoms with E-state index in [9.17, 15) is 13.2 Å². The number of amides is 1. The van der Waals surface area contributed by atoms with Crippen LogP contribution in [0.1, 0.15) is 16.1 Å². The van der Waals surface area contributed by atoms with Crippen LogP contribution in [0.2, 0.25) is 0 Å². The number of pyridine rings is 1. The monoisotopic (exact) mass is 418 g/mol. The normalized spacial score (nSPS) is 16.0. The molecule has 21 heavy (non-hydrogen) atoms. The second kappa shape index (κ2) is 5.26. The molecule has 110 valence electrons. The van der Waals surface area contributed by atoms with Gasteiger partial charge in [0, 0.05) is 0 Å². The Hall–Kier alpha value is -1.68. The molecule has 0 radical (unpaired) electrons. The quantitative estimate of drug-likeness (QED) is 0.314. The topological polar surface area (TPSA) is 67.6 Å². The zero-order chi connectivity index (χ0) is 15.0. The summed E-state index contributed by atoms with van der Waals surface area (Å²) in [6.07, 6.45) is 1.68. The fourth-order valence-electron chi connectivity index (χ4n) is 1.88. The average Bonchev–Trinajstić information content (AvgIpc) is 2.67. The van der Waals surface area contributed by atoms with Gasteiger partial charge < -0.3 is 0 Å². The van der Waals surface area contributed by atoms with Crippen molar-refractivity contribution >= 4 is 15.9 Å². The third-order valence-electron chi connectivity index (χ3n) is 2.95. The molecule has 2 aromatic rings. The molecule has 8 heteroatoms. The van der Waals surface area contributed by atoms with Crippen LogP contribution in [0.5, 0.6) is 0 Å². The van der Waals surface area contributed by atoms with Gasteiger partial charge in [0.1, 0.15) is 0 Å². The number of nitrogens with zero attached hydrogens (tertiary/aromatic N) is 2. The Morgan fingerprint density at radius 3 is 2.57 bits per heavy atom. The molecule has 1 amide bonds. The van der Waals surface area contributed by atoms with Crippen LogP contribution in [0.25, 0.3) is 0 Å². The van der Waals surface area contributed by atoms with Crippen molar-refractivity contribution in [1.29, 1.82) is 0 Å². The molecule has 0 unspecified atom stereocenters. The summed E-state index contributed by atoms with van der Waals surface area (Å²) < 4.78 is 32.5. The van der Waals surface area contributed by atoms with Gasteiger partial charge in [0.25, 0.3) is 0 Å². The number of carbonyl (C=O) groups is 1. The number of fused-ring (bicyclic) bond motifs is 1. The summed E-state index contributed by atoms with van der Waals surface area (Å²) in [5, 5.41) is 0. The Balaban J connectivity index is 1.88. The Morgan fingerprint density at radius 1 is 1.14 bits per heavy atom. The van der Waals surface area contributed by atoms with Gasteiger partial charge in [-0.1, -0.05) is 0 Å². The molecular weight excluding hydrogens is 407 g/mol. The first-order valence-electron chi connectivity index (χ1n) is 6.00. The number of carbonyl (C=O) groups excluding carboxylic acids is 1. The van der Waals surface area contributed by atoms with Crippen LogP contribution in [0, 0.1) is 6.92 Å². The van der Waals surface area contributed by atoms with Crippen molar-refractivity contribution < 1.29 is 43.0 Å². The van der Waals surface area contributed by atoms with E-state index in [-0.39, 0.29) is 10.5 Å². The molecule has 6 nitrogen and oxygen atoms in total. The van der Waals surface area contributed by atoms with Crippen molar-refractivity contribution in [3.05, 3.63) is 59.9 Å². The Morgan fingerprint density at radius 2 is 1.86 bits per heavy atom. The zero-order valence-electron chi connectivity index (χ0n) is 10.9. The number of rotatable bonds is 3. The molecule has 0 fully saturated rings. The number of hydrogen-bond donors (Lipinski definition) is 0. The SMILES string of the molecule is Cc1cccc[n+]1O[I-]N1C(=O)c2ccccc2S1(=O)=O. The van der Waals surface area contributed by atoms with Crippen LogP contribution < -0.4 is 29.8 Å². The van der Waals surface area contributed by atoms with Crippen molar-refractivity contribution in [3.8, 4) is 0 Å². The van der Waals surface area contributed by atoms with E-state index in [0.29, 0.717) is 0 Å². The van der Waals surface area contributed by atoms with E-state index in [2.05, 4.69) is 0 Å². The number of aromatic nitrogens is 1. The summed E-state index contributed by atoms with van der Waals surface area (Å²) >= 11 is -1.49. The first kappa shape index (κ1) is 14.3. The molecule has 1 aliphatic rings. The van der Waals surface area contributed by atoms with Gasteiger partial charge in [0.05, 0.1) is 0 Å². The minimum atomic E-state index is -3.78. The van der Waals surface area contributed by atoms with E-state index in [1.807, 2.05) is 19.1 Å². The molecule has 0 saturated carbocycles. The van der Waals surface area contributed by atoms with Crippen LogP contribution in [0.4, 0.5) is 0 Å². The van der Waals surface area contributed by atoms with Gasteiger partial charge in [-0.05, 0) is 0 Å². The van der Waals surface area contributed by atoms with Crippen molar-refractivity contribution in [2.75, 3.05) is 0 Å². The van der Waals surface area contributed by atoms with Crippen molar-refractivity contribution in [3.63, 3.8) is 0 Å². The maximum atomic E-state index is 12.3. The molecule has 1 aromatic carbocycles. The molecule has 1 aliphatic heterocycles. The molecule has 0 spiro atoms. The predicted octanol–water partition coefficient (Wildman–Crippen LogP) is -2.53. The fraction of sp³-hybridized carbons (Fsp3) is 0.0769. The number of halogens is 1. The van der Waals surface area contributed by atoms with Crippen molar-refractivity contribution in [2.45, 2.75) is 11.8 Å². The average molecular weight is 418 g/mol. The first-order valence-corrected chi connectivity index (χ1v) is 9.29. The van der Waals surface area contributed by atoms with E-state index in [1.54, 1.807) is 24.4 Å². The molecule has 0 atom stereocenters. The maximum absolute atomic E-state index is 12.3. The summed E-state index contributed by atoms with van der Waals surface area (Å²) in [6.45, 7) is 1.83. The van der Waals surface area contributed by atoms with E-state index < -0.39 is 37.8 Å². The second-order valence-corrected chi connectivity index (χ2v) is 8.49. The van der Waals surface area contributed by atoms with Crippen molar-refractivity contribution in [2.24, 2.45) is 0 Å². The van der Waals surface area contributed by atoms with Gasteiger partial charge >= 0.3 is 133 Å². The van der Waals surface area contributed by atoms with E-state index in [0.717, 1.165) is 8.21 Å². The Bertz CT molecular complexity index is 822. The second-order valence-electron chi connectivity index (χ2n) is 4.33. The molecule has 1 aromatic heterocycles. The molecule has 0 N–H and O–H groups in total.